The van der Waals surface area contributed by atoms with Gasteiger partial charge in [-0.25, -0.2) is 4.39 Å². The normalized spacial score (nSPS) is 20.9. The number of halogens is 1. The molecule has 0 aromatic heterocycles. The van der Waals surface area contributed by atoms with Crippen molar-refractivity contribution in [1.82, 2.24) is 10.2 Å². The molecule has 1 aromatic rings. The molecule has 33 heavy (non-hydrogen) atoms. The smallest absolute Gasteiger partial charge is 0.223 e. The predicted octanol–water partition coefficient (Wildman–Crippen LogP) is 3.53. The fourth-order valence-electron chi connectivity index (χ4n) is 5.63. The van der Waals surface area contributed by atoms with Crippen molar-refractivity contribution >= 4 is 17.5 Å². The molecule has 1 saturated heterocycles. The van der Waals surface area contributed by atoms with E-state index in [-0.39, 0.29) is 36.0 Å². The van der Waals surface area contributed by atoms with Gasteiger partial charge in [-0.05, 0) is 49.4 Å². The molecule has 7 heteroatoms. The monoisotopic (exact) mass is 459 g/mol. The van der Waals surface area contributed by atoms with E-state index in [1.807, 2.05) is 17.9 Å². The van der Waals surface area contributed by atoms with Gasteiger partial charge in [-0.1, -0.05) is 32.1 Å². The van der Waals surface area contributed by atoms with Crippen LogP contribution in [0.3, 0.4) is 0 Å². The van der Waals surface area contributed by atoms with E-state index < -0.39 is 0 Å². The minimum Gasteiger partial charge on any atom is -0.378 e. The van der Waals surface area contributed by atoms with Crippen molar-refractivity contribution in [3.05, 3.63) is 29.6 Å². The first-order valence-electron chi connectivity index (χ1n) is 12.7. The van der Waals surface area contributed by atoms with Crippen LogP contribution in [0, 0.1) is 17.7 Å². The van der Waals surface area contributed by atoms with Gasteiger partial charge < -0.3 is 19.9 Å². The number of benzene rings is 1. The highest BCUT2D eigenvalue weighted by Crippen LogP contribution is 2.31. The number of nitrogens with zero attached hydrogens (tertiary/aromatic N) is 2. The van der Waals surface area contributed by atoms with Crippen LogP contribution in [0.4, 0.5) is 10.1 Å². The Morgan fingerprint density at radius 3 is 2.67 bits per heavy atom. The maximum absolute atomic E-state index is 13.5. The summed E-state index contributed by atoms with van der Waals surface area (Å²) in [6.45, 7) is 5.90. The van der Waals surface area contributed by atoms with Crippen LogP contribution >= 0.6 is 0 Å². The molecule has 6 nitrogen and oxygen atoms in total. The lowest BCUT2D eigenvalue weighted by atomic mass is 9.81. The lowest BCUT2D eigenvalue weighted by Gasteiger charge is -2.31. The van der Waals surface area contributed by atoms with E-state index >= 15 is 0 Å². The Bertz CT molecular complexity index is 821. The standard InChI is InChI=1S/C26H38FN3O3/c1-19(18-30-10-9-21-16-23(27)7-8-24(21)30)28-26(32)22(15-20-5-3-2-4-6-20)17-25(31)29-11-13-33-14-12-29/h7-8,16,19-20,22H,2-6,9-15,17-18H2,1H3,(H,28,32)/t19-,22-/m0/s1. The quantitative estimate of drug-likeness (QED) is 0.646. The van der Waals surface area contributed by atoms with Gasteiger partial charge in [0.05, 0.1) is 13.2 Å². The molecule has 0 unspecified atom stereocenters. The van der Waals surface area contributed by atoms with Crippen molar-refractivity contribution in [3.63, 3.8) is 0 Å². The zero-order chi connectivity index (χ0) is 23.2. The van der Waals surface area contributed by atoms with Gasteiger partial charge in [0.15, 0.2) is 0 Å². The Morgan fingerprint density at radius 2 is 1.91 bits per heavy atom. The second-order valence-electron chi connectivity index (χ2n) is 10.0. The molecule has 1 aromatic carbocycles. The number of hydrogen-bond donors (Lipinski definition) is 1. The second kappa shape index (κ2) is 11.3. The fourth-order valence-corrected chi connectivity index (χ4v) is 5.63. The summed E-state index contributed by atoms with van der Waals surface area (Å²) in [6.07, 6.45) is 7.94. The molecule has 4 rings (SSSR count). The number of carbonyl (C=O) groups is 2. The van der Waals surface area contributed by atoms with Gasteiger partial charge in [-0.15, -0.1) is 0 Å². The Balaban J connectivity index is 1.36. The van der Waals surface area contributed by atoms with Gasteiger partial charge >= 0.3 is 0 Å². The Labute approximate surface area is 196 Å². The molecule has 1 aliphatic carbocycles. The second-order valence-corrected chi connectivity index (χ2v) is 10.0. The first kappa shape index (κ1) is 24.0. The summed E-state index contributed by atoms with van der Waals surface area (Å²) in [7, 11) is 0. The van der Waals surface area contributed by atoms with Crippen LogP contribution in [0.1, 0.15) is 57.4 Å². The van der Waals surface area contributed by atoms with Crippen LogP contribution in [-0.4, -0.2) is 62.1 Å². The van der Waals surface area contributed by atoms with E-state index in [0.29, 0.717) is 38.8 Å². The number of nitrogens with one attached hydrogen (secondary N) is 1. The third-order valence-corrected chi connectivity index (χ3v) is 7.41. The molecule has 2 amide bonds. The van der Waals surface area contributed by atoms with E-state index in [1.54, 1.807) is 6.07 Å². The average molecular weight is 460 g/mol. The molecule has 1 N–H and O–H groups in total. The van der Waals surface area contributed by atoms with Crippen molar-refractivity contribution in [2.45, 2.75) is 64.3 Å². The molecule has 0 radical (unpaired) electrons. The molecule has 1 saturated carbocycles. The first-order valence-corrected chi connectivity index (χ1v) is 12.7. The Morgan fingerprint density at radius 1 is 1.15 bits per heavy atom. The minimum absolute atomic E-state index is 0.00629. The van der Waals surface area contributed by atoms with Crippen molar-refractivity contribution in [1.29, 1.82) is 0 Å². The number of anilines is 1. The predicted molar refractivity (Wildman–Crippen MR) is 127 cm³/mol. The van der Waals surface area contributed by atoms with Crippen molar-refractivity contribution in [2.24, 2.45) is 11.8 Å². The Kier molecular flexibility index (Phi) is 8.23. The molecular formula is C26H38FN3O3. The zero-order valence-corrected chi connectivity index (χ0v) is 19.9. The van der Waals surface area contributed by atoms with Gasteiger partial charge in [0.25, 0.3) is 0 Å². The molecular weight excluding hydrogens is 421 g/mol. The van der Waals surface area contributed by atoms with Gasteiger partial charge in [0.2, 0.25) is 11.8 Å². The minimum atomic E-state index is -0.286. The summed E-state index contributed by atoms with van der Waals surface area (Å²) in [5.74, 6) is 0.103. The number of rotatable bonds is 8. The van der Waals surface area contributed by atoms with Gasteiger partial charge in [-0.3, -0.25) is 9.59 Å². The SMILES string of the molecule is C[C@@H](CN1CCc2cc(F)ccc21)NC(=O)[C@H](CC(=O)N1CCOCC1)CC1CCCCC1. The fraction of sp³-hybridized carbons (Fsp3) is 0.692. The largest absolute Gasteiger partial charge is 0.378 e. The van der Waals surface area contributed by atoms with Crippen molar-refractivity contribution in [2.75, 3.05) is 44.3 Å². The summed E-state index contributed by atoms with van der Waals surface area (Å²) >= 11 is 0. The van der Waals surface area contributed by atoms with Crippen LogP contribution in [0.2, 0.25) is 0 Å². The van der Waals surface area contributed by atoms with Crippen LogP contribution < -0.4 is 10.2 Å². The number of hydrogen-bond acceptors (Lipinski definition) is 4. The number of ether oxygens (including phenoxy) is 1. The highest BCUT2D eigenvalue weighted by molar-refractivity contribution is 5.86. The average Bonchev–Trinajstić information content (AvgIpc) is 3.21. The number of carbonyl (C=O) groups excluding carboxylic acids is 2. The molecule has 2 aliphatic heterocycles. The zero-order valence-electron chi connectivity index (χ0n) is 19.9. The molecule has 182 valence electrons. The van der Waals surface area contributed by atoms with E-state index in [0.717, 1.165) is 43.5 Å². The molecule has 2 fully saturated rings. The summed E-state index contributed by atoms with van der Waals surface area (Å²) in [6, 6.07) is 4.88. The molecule has 2 atom stereocenters. The van der Waals surface area contributed by atoms with Gasteiger partial charge in [0, 0.05) is 50.2 Å². The maximum Gasteiger partial charge on any atom is 0.223 e. The highest BCUT2D eigenvalue weighted by atomic mass is 19.1. The van der Waals surface area contributed by atoms with E-state index in [4.69, 9.17) is 4.74 Å². The van der Waals surface area contributed by atoms with Crippen LogP contribution in [-0.2, 0) is 20.7 Å². The summed E-state index contributed by atoms with van der Waals surface area (Å²) in [5, 5.41) is 3.20. The lowest BCUT2D eigenvalue weighted by molar-refractivity contribution is -0.140. The Hall–Kier alpha value is -2.15. The number of amides is 2. The molecule has 0 spiro atoms. The van der Waals surface area contributed by atoms with E-state index in [9.17, 15) is 14.0 Å². The molecule has 2 heterocycles. The van der Waals surface area contributed by atoms with Crippen molar-refractivity contribution in [3.8, 4) is 0 Å². The molecule has 0 bridgehead atoms. The third-order valence-electron chi connectivity index (χ3n) is 7.41. The maximum atomic E-state index is 13.5. The summed E-state index contributed by atoms with van der Waals surface area (Å²) in [5.41, 5.74) is 2.08. The highest BCUT2D eigenvalue weighted by Gasteiger charge is 2.30. The summed E-state index contributed by atoms with van der Waals surface area (Å²) in [4.78, 5) is 30.3. The van der Waals surface area contributed by atoms with Gasteiger partial charge in [0.1, 0.15) is 5.82 Å². The van der Waals surface area contributed by atoms with Crippen LogP contribution in [0.15, 0.2) is 18.2 Å². The number of morpholine rings is 1. The van der Waals surface area contributed by atoms with E-state index in [2.05, 4.69) is 10.2 Å². The van der Waals surface area contributed by atoms with Crippen LogP contribution in [0.25, 0.3) is 0 Å². The number of fused-ring (bicyclic) bond motifs is 1. The van der Waals surface area contributed by atoms with Crippen LogP contribution in [0.5, 0.6) is 0 Å². The first-order chi connectivity index (χ1) is 16.0. The topological polar surface area (TPSA) is 61.9 Å². The van der Waals surface area contributed by atoms with E-state index in [1.165, 1.54) is 25.3 Å². The molecule has 3 aliphatic rings. The van der Waals surface area contributed by atoms with Crippen molar-refractivity contribution < 1.29 is 18.7 Å². The lowest BCUT2D eigenvalue weighted by Crippen LogP contribution is -2.46. The summed E-state index contributed by atoms with van der Waals surface area (Å²) < 4.78 is 18.9. The third kappa shape index (κ3) is 6.46. The van der Waals surface area contributed by atoms with Gasteiger partial charge in [-0.2, -0.15) is 0 Å².